The van der Waals surface area contributed by atoms with Crippen LogP contribution >= 0.6 is 0 Å². The standard InChI is InChI=1S/C14H12N4/c15-12-9-17-7-5-14(12)18-13-3-1-2-10-8-16-6-4-11(10)13/h1-9H,15H2,(H,17,18). The molecule has 0 unspecified atom stereocenters. The van der Waals surface area contributed by atoms with Gasteiger partial charge in [0.25, 0.3) is 0 Å². The maximum Gasteiger partial charge on any atom is 0.0739 e. The van der Waals surface area contributed by atoms with Gasteiger partial charge in [-0.05, 0) is 18.2 Å². The molecule has 18 heavy (non-hydrogen) atoms. The summed E-state index contributed by atoms with van der Waals surface area (Å²) < 4.78 is 0. The van der Waals surface area contributed by atoms with Gasteiger partial charge in [0.2, 0.25) is 0 Å². The number of aromatic nitrogens is 2. The van der Waals surface area contributed by atoms with E-state index in [4.69, 9.17) is 5.73 Å². The molecule has 0 bridgehead atoms. The van der Waals surface area contributed by atoms with Gasteiger partial charge in [0.05, 0.1) is 17.6 Å². The first-order valence-electron chi connectivity index (χ1n) is 5.64. The number of anilines is 3. The average molecular weight is 236 g/mol. The first kappa shape index (κ1) is 10.5. The molecule has 3 rings (SSSR count). The van der Waals surface area contributed by atoms with Crippen molar-refractivity contribution in [2.24, 2.45) is 0 Å². The number of hydrogen-bond donors (Lipinski definition) is 2. The number of nitrogens with two attached hydrogens (primary N) is 1. The first-order chi connectivity index (χ1) is 8.84. The van der Waals surface area contributed by atoms with Crippen molar-refractivity contribution in [3.8, 4) is 0 Å². The van der Waals surface area contributed by atoms with Crippen molar-refractivity contribution in [2.45, 2.75) is 0 Å². The second kappa shape index (κ2) is 4.33. The molecule has 0 aliphatic carbocycles. The molecule has 0 aliphatic rings. The Morgan fingerprint density at radius 2 is 1.72 bits per heavy atom. The lowest BCUT2D eigenvalue weighted by Gasteiger charge is -2.11. The molecule has 1 aromatic carbocycles. The van der Waals surface area contributed by atoms with Crippen LogP contribution < -0.4 is 11.1 Å². The fourth-order valence-electron chi connectivity index (χ4n) is 1.90. The summed E-state index contributed by atoms with van der Waals surface area (Å²) in [6, 6.07) is 9.87. The molecular weight excluding hydrogens is 224 g/mol. The minimum atomic E-state index is 0.628. The van der Waals surface area contributed by atoms with Crippen LogP contribution in [-0.2, 0) is 0 Å². The van der Waals surface area contributed by atoms with Crippen molar-refractivity contribution in [1.82, 2.24) is 9.97 Å². The lowest BCUT2D eigenvalue weighted by molar-refractivity contribution is 1.33. The predicted octanol–water partition coefficient (Wildman–Crippen LogP) is 2.96. The van der Waals surface area contributed by atoms with Crippen LogP contribution in [0.5, 0.6) is 0 Å². The molecule has 88 valence electrons. The van der Waals surface area contributed by atoms with Gasteiger partial charge >= 0.3 is 0 Å². The summed E-state index contributed by atoms with van der Waals surface area (Å²) in [7, 11) is 0. The predicted molar refractivity (Wildman–Crippen MR) is 73.7 cm³/mol. The maximum absolute atomic E-state index is 5.88. The van der Waals surface area contributed by atoms with Gasteiger partial charge in [0, 0.05) is 35.1 Å². The third-order valence-electron chi connectivity index (χ3n) is 2.80. The van der Waals surface area contributed by atoms with Crippen LogP contribution in [0.25, 0.3) is 10.8 Å². The molecular formula is C14H12N4. The molecule has 3 N–H and O–H groups in total. The monoisotopic (exact) mass is 236 g/mol. The molecule has 0 saturated heterocycles. The molecule has 2 heterocycles. The van der Waals surface area contributed by atoms with E-state index >= 15 is 0 Å². The zero-order valence-electron chi connectivity index (χ0n) is 9.67. The summed E-state index contributed by atoms with van der Waals surface area (Å²) in [5, 5.41) is 5.53. The summed E-state index contributed by atoms with van der Waals surface area (Å²) in [6.07, 6.45) is 6.97. The quantitative estimate of drug-likeness (QED) is 0.718. The van der Waals surface area contributed by atoms with Crippen LogP contribution in [-0.4, -0.2) is 9.97 Å². The number of nitrogens with zero attached hydrogens (tertiary/aromatic N) is 2. The molecule has 4 nitrogen and oxygen atoms in total. The second-order valence-corrected chi connectivity index (χ2v) is 3.99. The Labute approximate surface area is 104 Å². The van der Waals surface area contributed by atoms with E-state index in [-0.39, 0.29) is 0 Å². The van der Waals surface area contributed by atoms with Gasteiger partial charge in [0.15, 0.2) is 0 Å². The normalized spacial score (nSPS) is 10.4. The van der Waals surface area contributed by atoms with Crippen LogP contribution in [0.15, 0.2) is 55.1 Å². The number of rotatable bonds is 2. The fraction of sp³-hybridized carbons (Fsp3) is 0. The van der Waals surface area contributed by atoms with E-state index in [1.807, 2.05) is 36.5 Å². The number of hydrogen-bond acceptors (Lipinski definition) is 4. The highest BCUT2D eigenvalue weighted by molar-refractivity contribution is 5.95. The highest BCUT2D eigenvalue weighted by Gasteiger charge is 2.03. The van der Waals surface area contributed by atoms with Crippen molar-refractivity contribution in [3.63, 3.8) is 0 Å². The summed E-state index contributed by atoms with van der Waals surface area (Å²) in [5.74, 6) is 0. The highest BCUT2D eigenvalue weighted by atomic mass is 14.9. The van der Waals surface area contributed by atoms with Crippen LogP contribution in [0, 0.1) is 0 Å². The van der Waals surface area contributed by atoms with Gasteiger partial charge < -0.3 is 11.1 Å². The van der Waals surface area contributed by atoms with Crippen molar-refractivity contribution in [1.29, 1.82) is 0 Å². The van der Waals surface area contributed by atoms with E-state index in [2.05, 4.69) is 15.3 Å². The van der Waals surface area contributed by atoms with E-state index in [9.17, 15) is 0 Å². The molecule has 0 aliphatic heterocycles. The van der Waals surface area contributed by atoms with Crippen molar-refractivity contribution in [3.05, 3.63) is 55.1 Å². The van der Waals surface area contributed by atoms with Crippen LogP contribution in [0.1, 0.15) is 0 Å². The van der Waals surface area contributed by atoms with E-state index in [1.165, 1.54) is 0 Å². The van der Waals surface area contributed by atoms with Gasteiger partial charge in [0.1, 0.15) is 0 Å². The topological polar surface area (TPSA) is 63.8 Å². The summed E-state index contributed by atoms with van der Waals surface area (Å²) in [6.45, 7) is 0. The summed E-state index contributed by atoms with van der Waals surface area (Å²) in [4.78, 5) is 8.09. The van der Waals surface area contributed by atoms with Gasteiger partial charge in [-0.15, -0.1) is 0 Å². The van der Waals surface area contributed by atoms with Gasteiger partial charge in [-0.3, -0.25) is 9.97 Å². The Hall–Kier alpha value is -2.62. The zero-order valence-corrected chi connectivity index (χ0v) is 9.67. The lowest BCUT2D eigenvalue weighted by Crippen LogP contribution is -1.97. The van der Waals surface area contributed by atoms with Gasteiger partial charge in [-0.25, -0.2) is 0 Å². The molecule has 2 aromatic heterocycles. The third kappa shape index (κ3) is 1.84. The second-order valence-electron chi connectivity index (χ2n) is 3.99. The minimum absolute atomic E-state index is 0.628. The number of nitrogens with one attached hydrogen (secondary N) is 1. The SMILES string of the molecule is Nc1cnccc1Nc1cccc2cnccc12. The Balaban J connectivity index is 2.08. The van der Waals surface area contributed by atoms with E-state index in [0.717, 1.165) is 22.1 Å². The molecule has 0 fully saturated rings. The largest absolute Gasteiger partial charge is 0.396 e. The van der Waals surface area contributed by atoms with Crippen LogP contribution in [0.2, 0.25) is 0 Å². The molecule has 0 spiro atoms. The van der Waals surface area contributed by atoms with E-state index < -0.39 is 0 Å². The van der Waals surface area contributed by atoms with Crippen LogP contribution in [0.4, 0.5) is 17.1 Å². The van der Waals surface area contributed by atoms with Gasteiger partial charge in [-0.1, -0.05) is 12.1 Å². The first-order valence-corrected chi connectivity index (χ1v) is 5.64. The molecule has 4 heteroatoms. The number of nitrogen functional groups attached to an aromatic ring is 1. The highest BCUT2D eigenvalue weighted by Crippen LogP contribution is 2.27. The maximum atomic E-state index is 5.88. The Bertz CT molecular complexity index is 689. The Morgan fingerprint density at radius 1 is 0.889 bits per heavy atom. The fourth-order valence-corrected chi connectivity index (χ4v) is 1.90. The zero-order chi connectivity index (χ0) is 12.4. The average Bonchev–Trinajstić information content (AvgIpc) is 2.42. The Morgan fingerprint density at radius 3 is 2.61 bits per heavy atom. The number of fused-ring (bicyclic) bond motifs is 1. The van der Waals surface area contributed by atoms with Crippen LogP contribution in [0.3, 0.4) is 0 Å². The van der Waals surface area contributed by atoms with Gasteiger partial charge in [-0.2, -0.15) is 0 Å². The molecule has 0 saturated carbocycles. The summed E-state index contributed by atoms with van der Waals surface area (Å²) >= 11 is 0. The number of pyridine rings is 2. The van der Waals surface area contributed by atoms with E-state index in [1.54, 1.807) is 18.6 Å². The minimum Gasteiger partial charge on any atom is -0.396 e. The van der Waals surface area contributed by atoms with Crippen molar-refractivity contribution < 1.29 is 0 Å². The Kier molecular flexibility index (Phi) is 2.53. The molecule has 0 atom stereocenters. The third-order valence-corrected chi connectivity index (χ3v) is 2.80. The molecule has 0 amide bonds. The van der Waals surface area contributed by atoms with Crippen molar-refractivity contribution in [2.75, 3.05) is 11.1 Å². The smallest absolute Gasteiger partial charge is 0.0739 e. The summed E-state index contributed by atoms with van der Waals surface area (Å²) in [5.41, 5.74) is 8.37. The van der Waals surface area contributed by atoms with E-state index in [0.29, 0.717) is 5.69 Å². The lowest BCUT2D eigenvalue weighted by atomic mass is 10.1. The number of benzene rings is 1. The van der Waals surface area contributed by atoms with Crippen molar-refractivity contribution >= 4 is 27.8 Å². The molecule has 3 aromatic rings. The molecule has 0 radical (unpaired) electrons.